The van der Waals surface area contributed by atoms with Gasteiger partial charge in [0.15, 0.2) is 0 Å². The molecule has 3 fully saturated rings. The summed E-state index contributed by atoms with van der Waals surface area (Å²) in [6, 6.07) is 7.39. The number of carbonyl (C=O) groups is 4. The number of alkyl halides is 1. The standard InChI is InChI=1S/C40H58BrN3O7/c1-10-13-19-30(46)42-22-29(26-17-15-14-16-18-26)50-37(49)31-32-35(47)44(28(23-45)25(4)12-3)34(40(32)21-27(41)33(31)51-40)36(48)43(20-11-2)39(8,9)24-38(5,6)7/h10-11,14-18,25,27-29,31-34,45H,1-2,12-13,19-24H2,3-9H3,(H,42,46)/t25-,27?,28-,29+,31+,32-,33+,34+,40-/m0/s1. The molecule has 11 heteroatoms. The number of rotatable bonds is 17. The Morgan fingerprint density at radius 2 is 1.84 bits per heavy atom. The van der Waals surface area contributed by atoms with Gasteiger partial charge in [0.2, 0.25) is 17.7 Å². The second-order valence-electron chi connectivity index (χ2n) is 16.3. The average Bonchev–Trinajstić information content (AvgIpc) is 3.66. The number of esters is 1. The van der Waals surface area contributed by atoms with Crippen molar-refractivity contribution in [3.8, 4) is 0 Å². The van der Waals surface area contributed by atoms with Gasteiger partial charge in [0.05, 0.1) is 37.1 Å². The first kappa shape index (κ1) is 40.7. The minimum atomic E-state index is -1.34. The first-order valence-corrected chi connectivity index (χ1v) is 19.2. The van der Waals surface area contributed by atoms with E-state index in [0.29, 0.717) is 31.2 Å². The maximum absolute atomic E-state index is 15.2. The van der Waals surface area contributed by atoms with Crippen LogP contribution in [0.4, 0.5) is 0 Å². The smallest absolute Gasteiger partial charge is 0.313 e. The summed E-state index contributed by atoms with van der Waals surface area (Å²) in [6.07, 6.45) is 4.24. The fraction of sp³-hybridized carbons (Fsp3) is 0.650. The van der Waals surface area contributed by atoms with E-state index in [-0.39, 0.29) is 54.1 Å². The summed E-state index contributed by atoms with van der Waals surface area (Å²) in [5, 5.41) is 13.7. The zero-order valence-corrected chi connectivity index (χ0v) is 33.0. The number of aliphatic hydroxyl groups is 1. The van der Waals surface area contributed by atoms with E-state index in [9.17, 15) is 19.5 Å². The zero-order chi connectivity index (χ0) is 37.9. The van der Waals surface area contributed by atoms with Gasteiger partial charge in [-0.05, 0) is 50.0 Å². The van der Waals surface area contributed by atoms with E-state index in [0.717, 1.165) is 0 Å². The van der Waals surface area contributed by atoms with Gasteiger partial charge >= 0.3 is 5.97 Å². The molecule has 2 bridgehead atoms. The molecule has 3 aliphatic heterocycles. The Balaban J connectivity index is 1.77. The number of aliphatic hydroxyl groups excluding tert-OH is 1. The van der Waals surface area contributed by atoms with Gasteiger partial charge in [0, 0.05) is 23.3 Å². The molecule has 51 heavy (non-hydrogen) atoms. The molecule has 9 atom stereocenters. The van der Waals surface area contributed by atoms with Crippen LogP contribution in [0.15, 0.2) is 55.6 Å². The van der Waals surface area contributed by atoms with Crippen LogP contribution < -0.4 is 5.32 Å². The summed E-state index contributed by atoms with van der Waals surface area (Å²) in [5.74, 6) is -3.69. The monoisotopic (exact) mass is 771 g/mol. The van der Waals surface area contributed by atoms with Crippen LogP contribution in [-0.2, 0) is 28.7 Å². The Hall–Kier alpha value is -3.02. The number of nitrogens with one attached hydrogen (secondary N) is 1. The number of carbonyl (C=O) groups excluding carboxylic acids is 4. The number of benzene rings is 1. The molecule has 3 heterocycles. The fourth-order valence-corrected chi connectivity index (χ4v) is 9.68. The molecule has 1 unspecified atom stereocenters. The van der Waals surface area contributed by atoms with Crippen LogP contribution in [-0.4, -0.2) is 92.4 Å². The van der Waals surface area contributed by atoms with Gasteiger partial charge in [0.1, 0.15) is 17.7 Å². The van der Waals surface area contributed by atoms with Gasteiger partial charge in [-0.2, -0.15) is 0 Å². The molecule has 0 aliphatic carbocycles. The number of hydrogen-bond donors (Lipinski definition) is 2. The first-order chi connectivity index (χ1) is 24.0. The summed E-state index contributed by atoms with van der Waals surface area (Å²) >= 11 is 3.76. The SMILES string of the molecule is C=CCCC(=O)NC[C@@H](OC(=O)[C@H]1[C@@H]2O[C@@]3(CC2Br)[C@@H]1C(=O)N([C@@H](CO)[C@@H](C)CC)[C@@H]3C(=O)N(CC=C)C(C)(C)CC(C)(C)C)c1ccccc1. The Kier molecular flexibility index (Phi) is 13.0. The highest BCUT2D eigenvalue weighted by Gasteiger charge is 2.78. The van der Waals surface area contributed by atoms with E-state index in [2.05, 4.69) is 55.2 Å². The number of hydrogen-bond acceptors (Lipinski definition) is 7. The lowest BCUT2D eigenvalue weighted by Gasteiger charge is -2.47. The van der Waals surface area contributed by atoms with Crippen LogP contribution in [0.3, 0.4) is 0 Å². The summed E-state index contributed by atoms with van der Waals surface area (Å²) < 4.78 is 13.0. The second kappa shape index (κ2) is 16.3. The van der Waals surface area contributed by atoms with Crippen molar-refractivity contribution in [3.63, 3.8) is 0 Å². The molecule has 1 aromatic carbocycles. The van der Waals surface area contributed by atoms with Crippen LogP contribution >= 0.6 is 15.9 Å². The van der Waals surface area contributed by atoms with Crippen molar-refractivity contribution in [1.29, 1.82) is 0 Å². The molecule has 3 aliphatic rings. The third-order valence-corrected chi connectivity index (χ3v) is 11.7. The summed E-state index contributed by atoms with van der Waals surface area (Å²) in [6.45, 7) is 21.9. The van der Waals surface area contributed by atoms with Crippen LogP contribution in [0.1, 0.15) is 92.2 Å². The van der Waals surface area contributed by atoms with Crippen LogP contribution in [0.5, 0.6) is 0 Å². The summed E-state index contributed by atoms with van der Waals surface area (Å²) in [4.78, 5) is 60.1. The Bertz CT molecular complexity index is 1440. The molecule has 1 spiro atoms. The highest BCUT2D eigenvalue weighted by atomic mass is 79.9. The molecular weight excluding hydrogens is 714 g/mol. The Morgan fingerprint density at radius 1 is 1.18 bits per heavy atom. The lowest BCUT2D eigenvalue weighted by molar-refractivity contribution is -0.162. The third-order valence-electron chi connectivity index (χ3n) is 10.8. The van der Waals surface area contributed by atoms with Gasteiger partial charge in [-0.3, -0.25) is 19.2 Å². The second-order valence-corrected chi connectivity index (χ2v) is 17.5. The third kappa shape index (κ3) is 8.31. The van der Waals surface area contributed by atoms with E-state index in [4.69, 9.17) is 9.47 Å². The van der Waals surface area contributed by atoms with Gasteiger partial charge < -0.3 is 29.7 Å². The molecule has 0 aromatic heterocycles. The Morgan fingerprint density at radius 3 is 2.41 bits per heavy atom. The fourth-order valence-electron chi connectivity index (χ4n) is 8.74. The molecule has 3 saturated heterocycles. The zero-order valence-electron chi connectivity index (χ0n) is 31.4. The molecule has 3 amide bonds. The van der Waals surface area contributed by atoms with Crippen molar-refractivity contribution in [1.82, 2.24) is 15.1 Å². The van der Waals surface area contributed by atoms with Crippen molar-refractivity contribution in [2.75, 3.05) is 19.7 Å². The number of fused-ring (bicyclic) bond motifs is 1. The minimum Gasteiger partial charge on any atom is -0.455 e. The van der Waals surface area contributed by atoms with Gasteiger partial charge in [-0.25, -0.2) is 0 Å². The van der Waals surface area contributed by atoms with Gasteiger partial charge in [-0.1, -0.05) is 99.5 Å². The number of allylic oxidation sites excluding steroid dienone is 1. The van der Waals surface area contributed by atoms with Crippen LogP contribution in [0, 0.1) is 23.2 Å². The van der Waals surface area contributed by atoms with Gasteiger partial charge in [0.25, 0.3) is 0 Å². The van der Waals surface area contributed by atoms with E-state index < -0.39 is 59.1 Å². The maximum Gasteiger partial charge on any atom is 0.313 e. The highest BCUT2D eigenvalue weighted by Crippen LogP contribution is 2.61. The van der Waals surface area contributed by atoms with Crippen molar-refractivity contribution in [2.45, 2.75) is 121 Å². The average molecular weight is 773 g/mol. The van der Waals surface area contributed by atoms with E-state index >= 15 is 4.79 Å². The van der Waals surface area contributed by atoms with Crippen molar-refractivity contribution in [3.05, 3.63) is 61.2 Å². The van der Waals surface area contributed by atoms with Crippen molar-refractivity contribution >= 4 is 39.6 Å². The topological polar surface area (TPSA) is 125 Å². The van der Waals surface area contributed by atoms with Crippen LogP contribution in [0.2, 0.25) is 0 Å². The number of nitrogens with zero attached hydrogens (tertiary/aromatic N) is 2. The van der Waals surface area contributed by atoms with Gasteiger partial charge in [-0.15, -0.1) is 13.2 Å². The number of likely N-dealkylation sites (tertiary alicyclic amines) is 1. The van der Waals surface area contributed by atoms with Crippen LogP contribution in [0.25, 0.3) is 0 Å². The molecule has 0 radical (unpaired) electrons. The van der Waals surface area contributed by atoms with E-state index in [1.807, 2.05) is 58.0 Å². The van der Waals surface area contributed by atoms with Crippen molar-refractivity contribution < 1.29 is 33.8 Å². The lowest BCUT2D eigenvalue weighted by Crippen LogP contribution is -2.63. The maximum atomic E-state index is 15.2. The quantitative estimate of drug-likeness (QED) is 0.118. The molecule has 0 saturated carbocycles. The Labute approximate surface area is 312 Å². The highest BCUT2D eigenvalue weighted by molar-refractivity contribution is 9.09. The molecule has 2 N–H and O–H groups in total. The molecule has 282 valence electrons. The predicted octanol–water partition coefficient (Wildman–Crippen LogP) is 5.74. The van der Waals surface area contributed by atoms with Crippen molar-refractivity contribution in [2.24, 2.45) is 23.2 Å². The normalized spacial score (nSPS) is 27.4. The largest absolute Gasteiger partial charge is 0.455 e. The molecular formula is C40H58BrN3O7. The number of amides is 3. The summed E-state index contributed by atoms with van der Waals surface area (Å²) in [7, 11) is 0. The predicted molar refractivity (Wildman–Crippen MR) is 201 cm³/mol. The molecule has 1 aromatic rings. The number of halogens is 1. The van der Waals surface area contributed by atoms with E-state index in [1.165, 1.54) is 0 Å². The minimum absolute atomic E-state index is 0.0404. The van der Waals surface area contributed by atoms with E-state index in [1.54, 1.807) is 22.0 Å². The molecule has 10 nitrogen and oxygen atoms in total. The number of ether oxygens (including phenoxy) is 2. The lowest BCUT2D eigenvalue weighted by atomic mass is 9.70. The first-order valence-electron chi connectivity index (χ1n) is 18.3. The summed E-state index contributed by atoms with van der Waals surface area (Å²) in [5.41, 5.74) is -1.39. The molecule has 4 rings (SSSR count).